The number of benzene rings is 2. The second kappa shape index (κ2) is 9.49. The van der Waals surface area contributed by atoms with Gasteiger partial charge in [0.2, 0.25) is 11.8 Å². The molecule has 0 saturated carbocycles. The van der Waals surface area contributed by atoms with Gasteiger partial charge in [-0.15, -0.1) is 11.3 Å². The lowest BCUT2D eigenvalue weighted by Crippen LogP contribution is -2.32. The van der Waals surface area contributed by atoms with Crippen molar-refractivity contribution in [1.82, 2.24) is 10.3 Å². The van der Waals surface area contributed by atoms with Crippen LogP contribution in [0, 0.1) is 5.92 Å². The molecular weight excluding hydrogens is 434 g/mol. The number of methoxy groups -OCH3 is 1. The molecule has 1 saturated heterocycles. The highest BCUT2D eigenvalue weighted by Crippen LogP contribution is 2.35. The summed E-state index contributed by atoms with van der Waals surface area (Å²) in [6.07, 6.45) is 0.921. The summed E-state index contributed by atoms with van der Waals surface area (Å²) in [5, 5.41) is 6.39. The maximum atomic E-state index is 12.7. The molecule has 1 atom stereocenters. The molecule has 1 fully saturated rings. The van der Waals surface area contributed by atoms with E-state index in [1.807, 2.05) is 23.6 Å². The van der Waals surface area contributed by atoms with Crippen LogP contribution in [0.5, 0.6) is 5.75 Å². The number of hydrogen-bond donors (Lipinski definition) is 1. The molecule has 2 amide bonds. The van der Waals surface area contributed by atoms with Crippen molar-refractivity contribution in [2.45, 2.75) is 19.4 Å². The second-order valence-electron chi connectivity index (χ2n) is 7.33. The van der Waals surface area contributed by atoms with Gasteiger partial charge in [0, 0.05) is 29.8 Å². The van der Waals surface area contributed by atoms with Gasteiger partial charge in [0.05, 0.1) is 36.0 Å². The highest BCUT2D eigenvalue weighted by Gasteiger charge is 2.36. The Hall–Kier alpha value is -2.90. The molecule has 4 rings (SSSR count). The second-order valence-corrected chi connectivity index (χ2v) is 8.71. The third-order valence-electron chi connectivity index (χ3n) is 5.17. The van der Waals surface area contributed by atoms with Gasteiger partial charge in [-0.2, -0.15) is 0 Å². The predicted octanol–water partition coefficient (Wildman–Crippen LogP) is 4.07. The van der Waals surface area contributed by atoms with Gasteiger partial charge in [-0.25, -0.2) is 4.98 Å². The zero-order valence-corrected chi connectivity index (χ0v) is 18.6. The Morgan fingerprint density at radius 2 is 2.10 bits per heavy atom. The zero-order valence-electron chi connectivity index (χ0n) is 17.0. The number of anilines is 1. The Labute approximate surface area is 189 Å². The first kappa shape index (κ1) is 21.3. The Morgan fingerprint density at radius 1 is 1.29 bits per heavy atom. The Bertz CT molecular complexity index is 1090. The molecule has 6 nitrogen and oxygen atoms in total. The van der Waals surface area contributed by atoms with Crippen molar-refractivity contribution in [3.63, 3.8) is 0 Å². The van der Waals surface area contributed by atoms with Gasteiger partial charge in [0.25, 0.3) is 0 Å². The van der Waals surface area contributed by atoms with Crippen LogP contribution in [0.3, 0.4) is 0 Å². The minimum absolute atomic E-state index is 0.125. The molecule has 2 aromatic carbocycles. The minimum Gasteiger partial charge on any atom is -0.495 e. The molecule has 31 heavy (non-hydrogen) atoms. The Kier molecular flexibility index (Phi) is 6.53. The van der Waals surface area contributed by atoms with Gasteiger partial charge in [-0.3, -0.25) is 9.59 Å². The lowest BCUT2D eigenvalue weighted by Gasteiger charge is -2.19. The van der Waals surface area contributed by atoms with Crippen molar-refractivity contribution >= 4 is 40.4 Å². The summed E-state index contributed by atoms with van der Waals surface area (Å²) in [5.41, 5.74) is 2.61. The highest BCUT2D eigenvalue weighted by atomic mass is 35.5. The van der Waals surface area contributed by atoms with E-state index < -0.39 is 5.92 Å². The van der Waals surface area contributed by atoms with Crippen molar-refractivity contribution in [3.8, 4) is 5.75 Å². The van der Waals surface area contributed by atoms with Crippen molar-refractivity contribution in [2.75, 3.05) is 18.6 Å². The van der Waals surface area contributed by atoms with Crippen LogP contribution in [0.4, 0.5) is 5.69 Å². The molecule has 1 aromatic heterocycles. The number of carbonyl (C=O) groups excluding carboxylic acids is 2. The molecule has 0 spiro atoms. The van der Waals surface area contributed by atoms with E-state index in [0.29, 0.717) is 23.0 Å². The predicted molar refractivity (Wildman–Crippen MR) is 122 cm³/mol. The first-order valence-corrected chi connectivity index (χ1v) is 11.2. The molecule has 0 bridgehead atoms. The van der Waals surface area contributed by atoms with Crippen LogP contribution in [0.25, 0.3) is 0 Å². The Morgan fingerprint density at radius 3 is 2.87 bits per heavy atom. The number of nitrogens with zero attached hydrogens (tertiary/aromatic N) is 2. The fourth-order valence-corrected chi connectivity index (χ4v) is 4.59. The van der Waals surface area contributed by atoms with E-state index in [1.165, 1.54) is 12.7 Å². The summed E-state index contributed by atoms with van der Waals surface area (Å²) >= 11 is 7.67. The third-order valence-corrected chi connectivity index (χ3v) is 6.30. The lowest BCUT2D eigenvalue weighted by atomic mass is 10.1. The topological polar surface area (TPSA) is 71.5 Å². The van der Waals surface area contributed by atoms with Crippen molar-refractivity contribution in [3.05, 3.63) is 75.2 Å². The van der Waals surface area contributed by atoms with E-state index in [2.05, 4.69) is 22.4 Å². The average Bonchev–Trinajstić information content (AvgIpc) is 3.39. The molecule has 0 radical (unpaired) electrons. The molecular formula is C23H22ClN3O3S. The van der Waals surface area contributed by atoms with Crippen LogP contribution in [0.2, 0.25) is 5.02 Å². The molecule has 3 aromatic rings. The van der Waals surface area contributed by atoms with E-state index in [0.717, 1.165) is 17.1 Å². The van der Waals surface area contributed by atoms with Crippen LogP contribution in [0.1, 0.15) is 22.7 Å². The summed E-state index contributed by atoms with van der Waals surface area (Å²) in [7, 11) is 1.54. The smallest absolute Gasteiger partial charge is 0.227 e. The molecule has 1 aliphatic rings. The number of nitrogens with one attached hydrogen (secondary N) is 1. The molecule has 2 heterocycles. The summed E-state index contributed by atoms with van der Waals surface area (Å²) in [6.45, 7) is 0.632. The third kappa shape index (κ3) is 5.06. The zero-order chi connectivity index (χ0) is 21.8. The molecule has 8 heteroatoms. The van der Waals surface area contributed by atoms with Gasteiger partial charge < -0.3 is 15.0 Å². The number of rotatable bonds is 7. The van der Waals surface area contributed by atoms with Crippen LogP contribution in [-0.2, 0) is 22.6 Å². The van der Waals surface area contributed by atoms with Crippen LogP contribution >= 0.6 is 22.9 Å². The molecule has 1 N–H and O–H groups in total. The summed E-state index contributed by atoms with van der Waals surface area (Å²) in [4.78, 5) is 31.4. The van der Waals surface area contributed by atoms with Gasteiger partial charge in [-0.05, 0) is 23.8 Å². The maximum Gasteiger partial charge on any atom is 0.227 e. The van der Waals surface area contributed by atoms with Crippen molar-refractivity contribution in [2.24, 2.45) is 5.92 Å². The maximum absolute atomic E-state index is 12.7. The number of carbonyl (C=O) groups is 2. The van der Waals surface area contributed by atoms with Crippen molar-refractivity contribution < 1.29 is 14.3 Å². The van der Waals surface area contributed by atoms with Crippen LogP contribution in [0.15, 0.2) is 53.9 Å². The highest BCUT2D eigenvalue weighted by molar-refractivity contribution is 7.09. The standard InChI is InChI=1S/C23H22ClN3O3S/c1-30-20-8-7-17(24)11-19(20)27-13-16(10-22(27)28)23(29)25-12-18-14-31-21(26-18)9-15-5-3-2-4-6-15/h2-8,11,14,16H,9-10,12-13H2,1H3,(H,25,29). The average molecular weight is 456 g/mol. The molecule has 160 valence electrons. The number of amides is 2. The normalized spacial score (nSPS) is 15.9. The first-order chi connectivity index (χ1) is 15.0. The van der Waals surface area contributed by atoms with E-state index >= 15 is 0 Å². The first-order valence-electron chi connectivity index (χ1n) is 9.92. The largest absolute Gasteiger partial charge is 0.495 e. The van der Waals surface area contributed by atoms with Crippen molar-refractivity contribution in [1.29, 1.82) is 0 Å². The molecule has 1 aliphatic heterocycles. The van der Waals surface area contributed by atoms with Gasteiger partial charge in [0.1, 0.15) is 5.75 Å². The van der Waals surface area contributed by atoms with Gasteiger partial charge in [0.15, 0.2) is 0 Å². The Balaban J connectivity index is 1.35. The summed E-state index contributed by atoms with van der Waals surface area (Å²) < 4.78 is 5.35. The quantitative estimate of drug-likeness (QED) is 0.583. The number of ether oxygens (including phenoxy) is 1. The number of halogens is 1. The fourth-order valence-electron chi connectivity index (χ4n) is 3.59. The summed E-state index contributed by atoms with van der Waals surface area (Å²) in [6, 6.07) is 15.2. The van der Waals surface area contributed by atoms with Gasteiger partial charge >= 0.3 is 0 Å². The minimum atomic E-state index is -0.432. The number of thiazole rings is 1. The lowest BCUT2D eigenvalue weighted by molar-refractivity contribution is -0.126. The van der Waals surface area contributed by atoms with E-state index in [9.17, 15) is 9.59 Å². The van der Waals surface area contributed by atoms with E-state index in [1.54, 1.807) is 34.4 Å². The fraction of sp³-hybridized carbons (Fsp3) is 0.261. The van der Waals surface area contributed by atoms with Gasteiger partial charge in [-0.1, -0.05) is 41.9 Å². The van der Waals surface area contributed by atoms with Crippen LogP contribution in [-0.4, -0.2) is 30.5 Å². The number of aromatic nitrogens is 1. The monoisotopic (exact) mass is 455 g/mol. The molecule has 1 unspecified atom stereocenters. The van der Waals surface area contributed by atoms with Crippen LogP contribution < -0.4 is 15.0 Å². The summed E-state index contributed by atoms with van der Waals surface area (Å²) in [5.74, 6) is -0.167. The van der Waals surface area contributed by atoms with E-state index in [-0.39, 0.29) is 24.8 Å². The SMILES string of the molecule is COc1ccc(Cl)cc1N1CC(C(=O)NCc2csc(Cc3ccccc3)n2)CC1=O. The van der Waals surface area contributed by atoms with E-state index in [4.69, 9.17) is 16.3 Å². The number of hydrogen-bond acceptors (Lipinski definition) is 5. The molecule has 0 aliphatic carbocycles.